The van der Waals surface area contributed by atoms with Gasteiger partial charge in [0, 0.05) is 24.7 Å². The Labute approximate surface area is 189 Å². The van der Waals surface area contributed by atoms with Gasteiger partial charge in [-0.25, -0.2) is 4.90 Å². The second kappa shape index (κ2) is 8.96. The predicted molar refractivity (Wildman–Crippen MR) is 121 cm³/mol. The lowest BCUT2D eigenvalue weighted by Gasteiger charge is -2.31. The summed E-state index contributed by atoms with van der Waals surface area (Å²) in [5, 5.41) is 5.17. The van der Waals surface area contributed by atoms with E-state index in [0.717, 1.165) is 12.2 Å². The lowest BCUT2D eigenvalue weighted by atomic mass is 10.0. The molecule has 1 N–H and O–H groups in total. The van der Waals surface area contributed by atoms with Gasteiger partial charge in [-0.15, -0.1) is 0 Å². The third-order valence-corrected chi connectivity index (χ3v) is 6.06. The van der Waals surface area contributed by atoms with Gasteiger partial charge in [-0.05, 0) is 35.4 Å². The lowest BCUT2D eigenvalue weighted by Crippen LogP contribution is -2.60. The van der Waals surface area contributed by atoms with Crippen LogP contribution in [0.1, 0.15) is 38.9 Å². The SMILES string of the molecule is CCCSc1n[n+]2c(c(=O)[nH]1)-c1ccccc1N(C(C)=O)[C@H]2c1ccccc1OC(C)=O. The van der Waals surface area contributed by atoms with Crippen LogP contribution in [0.5, 0.6) is 5.75 Å². The molecule has 3 aromatic rings. The number of thioether (sulfide) groups is 1. The molecule has 0 saturated carbocycles. The van der Waals surface area contributed by atoms with Crippen LogP contribution >= 0.6 is 11.8 Å². The number of aromatic amines is 1. The number of fused-ring (bicyclic) bond motifs is 3. The zero-order chi connectivity index (χ0) is 22.8. The van der Waals surface area contributed by atoms with Crippen molar-refractivity contribution in [3.63, 3.8) is 0 Å². The van der Waals surface area contributed by atoms with Crippen LogP contribution in [0.25, 0.3) is 11.3 Å². The van der Waals surface area contributed by atoms with Crippen LogP contribution in [-0.2, 0) is 9.59 Å². The standard InChI is InChI=1S/C23H22N4O4S/c1-4-13-32-23-24-21(30)20-16-9-5-7-11-18(16)26(14(2)28)22(27(20)25-23)17-10-6-8-12-19(17)31-15(3)29/h5-12,22H,4,13H2,1-3H3/p+1/t22-/m1/s1. The molecule has 0 bridgehead atoms. The monoisotopic (exact) mass is 451 g/mol. The number of benzene rings is 2. The molecule has 1 amide bonds. The van der Waals surface area contributed by atoms with Gasteiger partial charge in [-0.3, -0.25) is 19.4 Å². The number of H-pyrrole nitrogens is 1. The maximum atomic E-state index is 13.2. The fraction of sp³-hybridized carbons (Fsp3) is 0.261. The third-order valence-electron chi connectivity index (χ3n) is 4.99. The Kier molecular flexibility index (Phi) is 6.09. The molecule has 1 aliphatic rings. The second-order valence-corrected chi connectivity index (χ2v) is 8.40. The number of rotatable bonds is 5. The molecule has 1 aliphatic heterocycles. The van der Waals surface area contributed by atoms with Gasteiger partial charge in [0.25, 0.3) is 6.17 Å². The molecule has 164 valence electrons. The number of para-hydroxylation sites is 2. The first-order valence-corrected chi connectivity index (χ1v) is 11.3. The van der Waals surface area contributed by atoms with Crippen molar-refractivity contribution in [1.29, 1.82) is 0 Å². The molecule has 2 heterocycles. The van der Waals surface area contributed by atoms with Crippen molar-refractivity contribution in [3.8, 4) is 17.0 Å². The van der Waals surface area contributed by atoms with Gasteiger partial charge in [0.15, 0.2) is 0 Å². The van der Waals surface area contributed by atoms with Crippen molar-refractivity contribution in [1.82, 2.24) is 10.1 Å². The number of amides is 1. The smallest absolute Gasteiger partial charge is 0.325 e. The van der Waals surface area contributed by atoms with Crippen LogP contribution in [0.3, 0.4) is 0 Å². The van der Waals surface area contributed by atoms with Crippen molar-refractivity contribution in [2.24, 2.45) is 0 Å². The van der Waals surface area contributed by atoms with E-state index in [2.05, 4.69) is 4.98 Å². The van der Waals surface area contributed by atoms with Gasteiger partial charge in [0.05, 0.1) is 16.8 Å². The van der Waals surface area contributed by atoms with Crippen molar-refractivity contribution in [3.05, 3.63) is 64.4 Å². The zero-order valence-electron chi connectivity index (χ0n) is 18.0. The summed E-state index contributed by atoms with van der Waals surface area (Å²) < 4.78 is 7.00. The number of anilines is 1. The van der Waals surface area contributed by atoms with E-state index in [9.17, 15) is 14.4 Å². The zero-order valence-corrected chi connectivity index (χ0v) is 18.8. The highest BCUT2D eigenvalue weighted by Gasteiger charge is 2.46. The first-order chi connectivity index (χ1) is 15.4. The molecule has 32 heavy (non-hydrogen) atoms. The van der Waals surface area contributed by atoms with Crippen molar-refractivity contribution < 1.29 is 19.0 Å². The molecular weight excluding hydrogens is 428 g/mol. The minimum Gasteiger partial charge on any atom is -0.426 e. The van der Waals surface area contributed by atoms with E-state index in [0.29, 0.717) is 33.4 Å². The van der Waals surface area contributed by atoms with E-state index in [1.165, 1.54) is 25.6 Å². The number of ether oxygens (including phenoxy) is 1. The molecule has 2 aromatic carbocycles. The summed E-state index contributed by atoms with van der Waals surface area (Å²) in [6, 6.07) is 14.2. The first kappa shape index (κ1) is 21.8. The summed E-state index contributed by atoms with van der Waals surface area (Å²) in [5.41, 5.74) is 1.77. The molecule has 0 fully saturated rings. The molecule has 0 radical (unpaired) electrons. The number of hydrogen-bond acceptors (Lipinski definition) is 6. The Balaban J connectivity index is 2.04. The van der Waals surface area contributed by atoms with Crippen LogP contribution in [0, 0.1) is 0 Å². The normalized spacial score (nSPS) is 14.5. The Bertz CT molecular complexity index is 1260. The quantitative estimate of drug-likeness (QED) is 0.277. The summed E-state index contributed by atoms with van der Waals surface area (Å²) in [6.07, 6.45) is 0.105. The van der Waals surface area contributed by atoms with Gasteiger partial charge in [-0.1, -0.05) is 43.0 Å². The maximum Gasteiger partial charge on any atom is 0.325 e. The molecule has 0 unspecified atom stereocenters. The third kappa shape index (κ3) is 3.91. The van der Waals surface area contributed by atoms with Crippen molar-refractivity contribution >= 4 is 29.3 Å². The second-order valence-electron chi connectivity index (χ2n) is 7.31. The maximum absolute atomic E-state index is 13.2. The fourth-order valence-electron chi connectivity index (χ4n) is 3.80. The molecule has 0 aliphatic carbocycles. The average Bonchev–Trinajstić information content (AvgIpc) is 2.76. The van der Waals surface area contributed by atoms with E-state index < -0.39 is 12.1 Å². The lowest BCUT2D eigenvalue weighted by molar-refractivity contribution is -0.763. The Morgan fingerprint density at radius 3 is 2.59 bits per heavy atom. The van der Waals surface area contributed by atoms with Crippen LogP contribution in [0.15, 0.2) is 58.5 Å². The van der Waals surface area contributed by atoms with Gasteiger partial charge in [0.2, 0.25) is 11.1 Å². The van der Waals surface area contributed by atoms with Gasteiger partial charge < -0.3 is 4.74 Å². The highest BCUT2D eigenvalue weighted by Crippen LogP contribution is 2.39. The van der Waals surface area contributed by atoms with Crippen LogP contribution in [0.4, 0.5) is 5.69 Å². The highest BCUT2D eigenvalue weighted by molar-refractivity contribution is 7.99. The van der Waals surface area contributed by atoms with Gasteiger partial charge >= 0.3 is 17.2 Å². The average molecular weight is 452 g/mol. The number of carbonyl (C=O) groups is 2. The molecule has 9 heteroatoms. The molecule has 1 aromatic heterocycles. The van der Waals surface area contributed by atoms with Crippen molar-refractivity contribution in [2.75, 3.05) is 10.7 Å². The molecule has 4 rings (SSSR count). The summed E-state index contributed by atoms with van der Waals surface area (Å²) in [4.78, 5) is 42.3. The molecule has 0 saturated heterocycles. The number of esters is 1. The number of aromatic nitrogens is 3. The van der Waals surface area contributed by atoms with E-state index in [1.54, 1.807) is 46.0 Å². The summed E-state index contributed by atoms with van der Waals surface area (Å²) in [7, 11) is 0. The molecule has 8 nitrogen and oxygen atoms in total. The van der Waals surface area contributed by atoms with Gasteiger partial charge in [0.1, 0.15) is 5.75 Å². The number of nitrogens with one attached hydrogen (secondary N) is 1. The predicted octanol–water partition coefficient (Wildman–Crippen LogP) is 3.07. The Hall–Kier alpha value is -3.46. The van der Waals surface area contributed by atoms with E-state index in [4.69, 9.17) is 9.84 Å². The topological polar surface area (TPSA) is 96.2 Å². The fourth-order valence-corrected chi connectivity index (χ4v) is 4.51. The van der Waals surface area contributed by atoms with E-state index in [-0.39, 0.29) is 11.5 Å². The first-order valence-electron chi connectivity index (χ1n) is 10.3. The van der Waals surface area contributed by atoms with Gasteiger partial charge in [-0.2, -0.15) is 0 Å². The van der Waals surface area contributed by atoms with E-state index in [1.807, 2.05) is 19.1 Å². The molecular formula is C23H23N4O4S+. The largest absolute Gasteiger partial charge is 0.426 e. The Morgan fingerprint density at radius 1 is 1.16 bits per heavy atom. The summed E-state index contributed by atoms with van der Waals surface area (Å²) in [6.45, 7) is 4.82. The molecule has 0 spiro atoms. The van der Waals surface area contributed by atoms with Crippen molar-refractivity contribution in [2.45, 2.75) is 38.5 Å². The van der Waals surface area contributed by atoms with Crippen LogP contribution < -0.4 is 19.9 Å². The summed E-state index contributed by atoms with van der Waals surface area (Å²) >= 11 is 1.43. The highest BCUT2D eigenvalue weighted by atomic mass is 32.2. The minimum absolute atomic E-state index is 0.233. The Morgan fingerprint density at radius 2 is 1.88 bits per heavy atom. The number of hydrogen-bond donors (Lipinski definition) is 1. The minimum atomic E-state index is -0.809. The number of carbonyl (C=O) groups excluding carboxylic acids is 2. The van der Waals surface area contributed by atoms with Crippen LogP contribution in [0.2, 0.25) is 0 Å². The molecule has 1 atom stereocenters. The van der Waals surface area contributed by atoms with E-state index >= 15 is 0 Å². The summed E-state index contributed by atoms with van der Waals surface area (Å²) in [5.74, 6) is 0.373. The number of nitrogens with zero attached hydrogens (tertiary/aromatic N) is 3. The van der Waals surface area contributed by atoms with Crippen LogP contribution in [-0.4, -0.2) is 27.7 Å².